The van der Waals surface area contributed by atoms with E-state index >= 15 is 0 Å². The van der Waals surface area contributed by atoms with E-state index in [9.17, 15) is 4.79 Å². The molecule has 0 radical (unpaired) electrons. The number of anilines is 2. The Labute approximate surface area is 137 Å². The van der Waals surface area contributed by atoms with Crippen LogP contribution in [0.2, 0.25) is 0 Å². The maximum Gasteiger partial charge on any atom is 0.255 e. The number of methoxy groups -OCH3 is 1. The highest BCUT2D eigenvalue weighted by Gasteiger charge is 2.20. The van der Waals surface area contributed by atoms with E-state index in [2.05, 4.69) is 5.32 Å². The molecule has 0 atom stereocenters. The van der Waals surface area contributed by atoms with Gasteiger partial charge in [-0.2, -0.15) is 0 Å². The molecule has 4 heteroatoms. The fourth-order valence-electron chi connectivity index (χ4n) is 2.88. The molecule has 4 nitrogen and oxygen atoms in total. The minimum absolute atomic E-state index is 0.112. The van der Waals surface area contributed by atoms with Crippen molar-refractivity contribution < 1.29 is 9.53 Å². The second-order valence-corrected chi connectivity index (χ2v) is 5.75. The zero-order valence-electron chi connectivity index (χ0n) is 13.4. The van der Waals surface area contributed by atoms with E-state index in [1.807, 2.05) is 53.4 Å². The van der Waals surface area contributed by atoms with Crippen LogP contribution in [0.25, 0.3) is 0 Å². The number of benzene rings is 2. The minimum atomic E-state index is 0.112. The number of piperidine rings is 1. The Bertz CT molecular complexity index is 661. The van der Waals surface area contributed by atoms with Crippen molar-refractivity contribution in [2.45, 2.75) is 19.3 Å². The number of nitrogens with one attached hydrogen (secondary N) is 1. The molecule has 1 aliphatic rings. The zero-order chi connectivity index (χ0) is 16.1. The van der Waals surface area contributed by atoms with E-state index in [0.29, 0.717) is 0 Å². The molecule has 2 aromatic carbocycles. The van der Waals surface area contributed by atoms with Gasteiger partial charge in [-0.3, -0.25) is 4.79 Å². The van der Waals surface area contributed by atoms with Gasteiger partial charge in [0.15, 0.2) is 0 Å². The number of para-hydroxylation sites is 1. The van der Waals surface area contributed by atoms with Crippen LogP contribution < -0.4 is 10.1 Å². The van der Waals surface area contributed by atoms with Crippen LogP contribution >= 0.6 is 0 Å². The molecule has 0 aromatic heterocycles. The van der Waals surface area contributed by atoms with E-state index in [1.165, 1.54) is 6.42 Å². The third kappa shape index (κ3) is 3.65. The predicted octanol–water partition coefficient (Wildman–Crippen LogP) is 4.06. The van der Waals surface area contributed by atoms with Crippen LogP contribution in [0.15, 0.2) is 48.5 Å². The molecule has 1 fully saturated rings. The Hall–Kier alpha value is -2.49. The van der Waals surface area contributed by atoms with E-state index in [-0.39, 0.29) is 5.91 Å². The summed E-state index contributed by atoms with van der Waals surface area (Å²) >= 11 is 0. The number of ether oxygens (including phenoxy) is 1. The molecule has 3 rings (SSSR count). The molecule has 2 aromatic rings. The smallest absolute Gasteiger partial charge is 0.255 e. The number of amides is 1. The summed E-state index contributed by atoms with van der Waals surface area (Å²) in [7, 11) is 1.65. The standard InChI is InChI=1S/C19H22N2O2/c1-23-16-11-9-15(10-12-16)20-18-8-4-3-7-17(18)19(22)21-13-5-2-6-14-21/h3-4,7-12,20H,2,5-6,13-14H2,1H3. The van der Waals surface area contributed by atoms with Crippen molar-refractivity contribution >= 4 is 17.3 Å². The number of carbonyl (C=O) groups is 1. The maximum absolute atomic E-state index is 12.8. The molecule has 0 unspecified atom stereocenters. The second kappa shape index (κ2) is 7.18. The Balaban J connectivity index is 1.80. The van der Waals surface area contributed by atoms with Crippen molar-refractivity contribution in [2.75, 3.05) is 25.5 Å². The lowest BCUT2D eigenvalue weighted by Gasteiger charge is -2.27. The first-order valence-electron chi connectivity index (χ1n) is 8.07. The van der Waals surface area contributed by atoms with Crippen molar-refractivity contribution in [1.82, 2.24) is 4.90 Å². The molecule has 0 saturated carbocycles. The van der Waals surface area contributed by atoms with E-state index < -0.39 is 0 Å². The van der Waals surface area contributed by atoms with Crippen LogP contribution in [0.4, 0.5) is 11.4 Å². The van der Waals surface area contributed by atoms with Gasteiger partial charge in [-0.1, -0.05) is 12.1 Å². The second-order valence-electron chi connectivity index (χ2n) is 5.75. The number of likely N-dealkylation sites (tertiary alicyclic amines) is 1. The lowest BCUT2D eigenvalue weighted by atomic mass is 10.1. The van der Waals surface area contributed by atoms with Gasteiger partial charge in [0.2, 0.25) is 0 Å². The quantitative estimate of drug-likeness (QED) is 0.925. The molecule has 0 bridgehead atoms. The van der Waals surface area contributed by atoms with Crippen LogP contribution in [-0.2, 0) is 0 Å². The third-order valence-corrected chi connectivity index (χ3v) is 4.17. The summed E-state index contributed by atoms with van der Waals surface area (Å²) in [5, 5.41) is 3.34. The number of rotatable bonds is 4. The molecule has 1 N–H and O–H groups in total. The average Bonchev–Trinajstić information content (AvgIpc) is 2.63. The fourth-order valence-corrected chi connectivity index (χ4v) is 2.88. The summed E-state index contributed by atoms with van der Waals surface area (Å²) in [4.78, 5) is 14.7. The van der Waals surface area contributed by atoms with Crippen molar-refractivity contribution in [3.8, 4) is 5.75 Å². The van der Waals surface area contributed by atoms with Gasteiger partial charge in [-0.25, -0.2) is 0 Å². The average molecular weight is 310 g/mol. The van der Waals surface area contributed by atoms with Gasteiger partial charge in [0, 0.05) is 18.8 Å². The van der Waals surface area contributed by atoms with Crippen molar-refractivity contribution in [1.29, 1.82) is 0 Å². The molecule has 120 valence electrons. The Morgan fingerprint density at radius 1 is 1.00 bits per heavy atom. The monoisotopic (exact) mass is 310 g/mol. The van der Waals surface area contributed by atoms with Gasteiger partial charge in [0.1, 0.15) is 5.75 Å². The fraction of sp³-hybridized carbons (Fsp3) is 0.316. The summed E-state index contributed by atoms with van der Waals surface area (Å²) in [5.41, 5.74) is 2.50. The van der Waals surface area contributed by atoms with Crippen LogP contribution in [0, 0.1) is 0 Å². The first-order valence-corrected chi connectivity index (χ1v) is 8.07. The van der Waals surface area contributed by atoms with E-state index in [0.717, 1.165) is 48.6 Å². The van der Waals surface area contributed by atoms with Gasteiger partial charge in [0.05, 0.1) is 18.4 Å². The third-order valence-electron chi connectivity index (χ3n) is 4.17. The van der Waals surface area contributed by atoms with Crippen molar-refractivity contribution in [3.05, 3.63) is 54.1 Å². The lowest BCUT2D eigenvalue weighted by molar-refractivity contribution is 0.0725. The number of hydrogen-bond donors (Lipinski definition) is 1. The molecule has 1 amide bonds. The van der Waals surface area contributed by atoms with Gasteiger partial charge < -0.3 is 15.0 Å². The first kappa shape index (κ1) is 15.4. The first-order chi connectivity index (χ1) is 11.3. The molecular formula is C19H22N2O2. The van der Waals surface area contributed by atoms with Gasteiger partial charge >= 0.3 is 0 Å². The van der Waals surface area contributed by atoms with Gasteiger partial charge in [0.25, 0.3) is 5.91 Å². The molecule has 23 heavy (non-hydrogen) atoms. The summed E-state index contributed by atoms with van der Waals surface area (Å²) in [6.07, 6.45) is 3.41. The Morgan fingerprint density at radius 2 is 1.70 bits per heavy atom. The van der Waals surface area contributed by atoms with Gasteiger partial charge in [-0.05, 0) is 55.7 Å². The predicted molar refractivity (Wildman–Crippen MR) is 92.5 cm³/mol. The molecular weight excluding hydrogens is 288 g/mol. The Morgan fingerprint density at radius 3 is 2.39 bits per heavy atom. The van der Waals surface area contributed by atoms with Crippen molar-refractivity contribution in [2.24, 2.45) is 0 Å². The van der Waals surface area contributed by atoms with Crippen LogP contribution in [0.3, 0.4) is 0 Å². The zero-order valence-corrected chi connectivity index (χ0v) is 13.4. The summed E-state index contributed by atoms with van der Waals surface area (Å²) < 4.78 is 5.17. The largest absolute Gasteiger partial charge is 0.497 e. The SMILES string of the molecule is COc1ccc(Nc2ccccc2C(=O)N2CCCCC2)cc1. The van der Waals surface area contributed by atoms with Crippen molar-refractivity contribution in [3.63, 3.8) is 0 Å². The maximum atomic E-state index is 12.8. The summed E-state index contributed by atoms with van der Waals surface area (Å²) in [6.45, 7) is 1.71. The molecule has 0 aliphatic carbocycles. The summed E-state index contributed by atoms with van der Waals surface area (Å²) in [5.74, 6) is 0.925. The van der Waals surface area contributed by atoms with Gasteiger partial charge in [-0.15, -0.1) is 0 Å². The van der Waals surface area contributed by atoms with Crippen LogP contribution in [-0.4, -0.2) is 31.0 Å². The van der Waals surface area contributed by atoms with Crippen LogP contribution in [0.1, 0.15) is 29.6 Å². The molecule has 0 spiro atoms. The van der Waals surface area contributed by atoms with E-state index in [1.54, 1.807) is 7.11 Å². The highest BCUT2D eigenvalue weighted by Crippen LogP contribution is 2.24. The Kier molecular flexibility index (Phi) is 4.81. The van der Waals surface area contributed by atoms with E-state index in [4.69, 9.17) is 4.74 Å². The highest BCUT2D eigenvalue weighted by molar-refractivity contribution is 6.00. The normalized spacial score (nSPS) is 14.4. The lowest BCUT2D eigenvalue weighted by Crippen LogP contribution is -2.35. The topological polar surface area (TPSA) is 41.6 Å². The number of hydrogen-bond acceptors (Lipinski definition) is 3. The molecule has 1 heterocycles. The molecule has 1 aliphatic heterocycles. The molecule has 1 saturated heterocycles. The number of carbonyl (C=O) groups excluding carboxylic acids is 1. The highest BCUT2D eigenvalue weighted by atomic mass is 16.5. The van der Waals surface area contributed by atoms with Crippen LogP contribution in [0.5, 0.6) is 5.75 Å². The number of nitrogens with zero attached hydrogens (tertiary/aromatic N) is 1. The summed E-state index contributed by atoms with van der Waals surface area (Å²) in [6, 6.07) is 15.4. The minimum Gasteiger partial charge on any atom is -0.497 e.